The predicted octanol–water partition coefficient (Wildman–Crippen LogP) is 3.25. The minimum absolute atomic E-state index is 0.944. The van der Waals surface area contributed by atoms with Crippen molar-refractivity contribution in [2.24, 2.45) is 0 Å². The molecule has 2 heterocycles. The van der Waals surface area contributed by atoms with Gasteiger partial charge in [-0.3, -0.25) is 0 Å². The smallest absolute Gasteiger partial charge is 0.185 e. The van der Waals surface area contributed by atoms with Gasteiger partial charge in [0.15, 0.2) is 5.13 Å². The highest BCUT2D eigenvalue weighted by Gasteiger charge is 2.16. The molecule has 3 rings (SSSR count). The maximum absolute atomic E-state index is 4.63. The average molecular weight is 301 g/mol. The lowest BCUT2D eigenvalue weighted by Crippen LogP contribution is -2.25. The Labute approximate surface area is 131 Å². The average Bonchev–Trinajstić information content (AvgIpc) is 2.87. The highest BCUT2D eigenvalue weighted by molar-refractivity contribution is 7.15. The molecule has 4 heteroatoms. The minimum Gasteiger partial charge on any atom is -0.347 e. The Morgan fingerprint density at radius 2 is 1.90 bits per heavy atom. The first-order chi connectivity index (χ1) is 10.4. The lowest BCUT2D eigenvalue weighted by atomic mass is 10.0. The van der Waals surface area contributed by atoms with Gasteiger partial charge in [0, 0.05) is 30.7 Å². The van der Waals surface area contributed by atoms with Crippen LogP contribution in [-0.2, 0) is 19.4 Å². The first-order valence-corrected chi connectivity index (χ1v) is 8.65. The van der Waals surface area contributed by atoms with Crippen LogP contribution in [0.2, 0.25) is 0 Å². The van der Waals surface area contributed by atoms with Gasteiger partial charge in [-0.15, -0.1) is 11.3 Å². The third-order valence-corrected chi connectivity index (χ3v) is 5.02. The maximum atomic E-state index is 4.63. The van der Waals surface area contributed by atoms with Crippen molar-refractivity contribution >= 4 is 16.5 Å². The van der Waals surface area contributed by atoms with Crippen LogP contribution in [0.4, 0.5) is 5.13 Å². The third kappa shape index (κ3) is 3.63. The van der Waals surface area contributed by atoms with Crippen molar-refractivity contribution in [3.8, 4) is 0 Å². The van der Waals surface area contributed by atoms with Crippen molar-refractivity contribution in [1.82, 2.24) is 10.3 Å². The summed E-state index contributed by atoms with van der Waals surface area (Å²) in [6, 6.07) is 8.83. The van der Waals surface area contributed by atoms with Gasteiger partial charge >= 0.3 is 0 Å². The van der Waals surface area contributed by atoms with E-state index in [1.165, 1.54) is 27.6 Å². The number of hydrogen-bond acceptors (Lipinski definition) is 4. The molecule has 1 aromatic heterocycles. The lowest BCUT2D eigenvalue weighted by Gasteiger charge is -2.18. The summed E-state index contributed by atoms with van der Waals surface area (Å²) in [5, 5.41) is 4.62. The highest BCUT2D eigenvalue weighted by Crippen LogP contribution is 2.25. The van der Waals surface area contributed by atoms with Crippen LogP contribution in [0.25, 0.3) is 0 Å². The van der Waals surface area contributed by atoms with E-state index < -0.39 is 0 Å². The summed E-state index contributed by atoms with van der Waals surface area (Å²) in [6.07, 6.45) is 5.45. The summed E-state index contributed by atoms with van der Waals surface area (Å²) in [7, 11) is 0. The zero-order valence-corrected chi connectivity index (χ0v) is 13.5. The number of thiazole rings is 1. The van der Waals surface area contributed by atoms with Crippen molar-refractivity contribution in [2.75, 3.05) is 24.5 Å². The molecule has 1 aliphatic rings. The van der Waals surface area contributed by atoms with E-state index in [0.29, 0.717) is 0 Å². The number of benzene rings is 1. The SMILES string of the molecule is CCCNCc1cnc(N2CCc3ccccc3CC2)s1. The lowest BCUT2D eigenvalue weighted by molar-refractivity contribution is 0.681. The molecular weight excluding hydrogens is 278 g/mol. The zero-order valence-electron chi connectivity index (χ0n) is 12.6. The van der Waals surface area contributed by atoms with Gasteiger partial charge < -0.3 is 10.2 Å². The molecule has 0 saturated carbocycles. The van der Waals surface area contributed by atoms with Crippen molar-refractivity contribution in [3.05, 3.63) is 46.5 Å². The van der Waals surface area contributed by atoms with Crippen LogP contribution in [-0.4, -0.2) is 24.6 Å². The fourth-order valence-corrected chi connectivity index (χ4v) is 3.70. The van der Waals surface area contributed by atoms with Crippen molar-refractivity contribution in [1.29, 1.82) is 0 Å². The Bertz CT molecular complexity index is 552. The van der Waals surface area contributed by atoms with Crippen LogP contribution in [0.1, 0.15) is 29.3 Å². The fourth-order valence-electron chi connectivity index (χ4n) is 2.77. The fraction of sp³-hybridized carbons (Fsp3) is 0.471. The second-order valence-electron chi connectivity index (χ2n) is 5.54. The van der Waals surface area contributed by atoms with Crippen LogP contribution >= 0.6 is 11.3 Å². The molecule has 3 nitrogen and oxygen atoms in total. The number of anilines is 1. The van der Waals surface area contributed by atoms with Crippen molar-refractivity contribution in [3.63, 3.8) is 0 Å². The number of nitrogens with one attached hydrogen (secondary N) is 1. The number of rotatable bonds is 5. The highest BCUT2D eigenvalue weighted by atomic mass is 32.1. The van der Waals surface area contributed by atoms with Crippen LogP contribution in [0, 0.1) is 0 Å². The van der Waals surface area contributed by atoms with Gasteiger partial charge in [0.1, 0.15) is 0 Å². The molecule has 2 aromatic rings. The van der Waals surface area contributed by atoms with Crippen LogP contribution < -0.4 is 10.2 Å². The first-order valence-electron chi connectivity index (χ1n) is 7.84. The van der Waals surface area contributed by atoms with Gasteiger partial charge in [-0.1, -0.05) is 31.2 Å². The van der Waals surface area contributed by atoms with E-state index in [0.717, 1.165) is 39.0 Å². The van der Waals surface area contributed by atoms with Gasteiger partial charge in [0.05, 0.1) is 0 Å². The molecule has 0 radical (unpaired) electrons. The van der Waals surface area contributed by atoms with Gasteiger partial charge in [0.25, 0.3) is 0 Å². The van der Waals surface area contributed by atoms with E-state index in [4.69, 9.17) is 0 Å². The third-order valence-electron chi connectivity index (χ3n) is 3.96. The van der Waals surface area contributed by atoms with Crippen LogP contribution in [0.15, 0.2) is 30.5 Å². The second-order valence-corrected chi connectivity index (χ2v) is 6.64. The standard InChI is InChI=1S/C17H23N3S/c1-2-9-18-12-16-13-19-17(21-16)20-10-7-14-5-3-4-6-15(14)8-11-20/h3-6,13,18H,2,7-12H2,1H3. The predicted molar refractivity (Wildman–Crippen MR) is 90.2 cm³/mol. The maximum Gasteiger partial charge on any atom is 0.185 e. The molecule has 1 aliphatic heterocycles. The summed E-state index contributed by atoms with van der Waals surface area (Å²) >= 11 is 1.83. The Morgan fingerprint density at radius 1 is 1.19 bits per heavy atom. The Balaban J connectivity index is 1.63. The quantitative estimate of drug-likeness (QED) is 0.859. The first kappa shape index (κ1) is 14.5. The molecule has 112 valence electrons. The number of fused-ring (bicyclic) bond motifs is 1. The molecule has 1 N–H and O–H groups in total. The number of hydrogen-bond donors (Lipinski definition) is 1. The van der Waals surface area contributed by atoms with Crippen LogP contribution in [0.5, 0.6) is 0 Å². The largest absolute Gasteiger partial charge is 0.347 e. The summed E-state index contributed by atoms with van der Waals surface area (Å²) in [5.74, 6) is 0. The number of aromatic nitrogens is 1. The second kappa shape index (κ2) is 7.05. The molecule has 1 aromatic carbocycles. The van der Waals surface area contributed by atoms with Crippen LogP contribution in [0.3, 0.4) is 0 Å². The van der Waals surface area contributed by atoms with E-state index in [1.54, 1.807) is 0 Å². The molecule has 0 spiro atoms. The molecular formula is C17H23N3S. The van der Waals surface area contributed by atoms with E-state index in [2.05, 4.69) is 46.4 Å². The van der Waals surface area contributed by atoms with E-state index in [9.17, 15) is 0 Å². The Hall–Kier alpha value is -1.39. The zero-order chi connectivity index (χ0) is 14.5. The molecule has 0 unspecified atom stereocenters. The van der Waals surface area contributed by atoms with Gasteiger partial charge in [-0.05, 0) is 36.9 Å². The molecule has 0 aliphatic carbocycles. The van der Waals surface area contributed by atoms with E-state index >= 15 is 0 Å². The van der Waals surface area contributed by atoms with Gasteiger partial charge in [-0.25, -0.2) is 4.98 Å². The number of nitrogens with zero attached hydrogens (tertiary/aromatic N) is 2. The Kier molecular flexibility index (Phi) is 4.88. The monoisotopic (exact) mass is 301 g/mol. The summed E-state index contributed by atoms with van der Waals surface area (Å²) in [5.41, 5.74) is 3.00. The molecule has 0 bridgehead atoms. The summed E-state index contributed by atoms with van der Waals surface area (Å²) < 4.78 is 0. The Morgan fingerprint density at radius 3 is 2.57 bits per heavy atom. The summed E-state index contributed by atoms with van der Waals surface area (Å²) in [6.45, 7) is 6.37. The molecule has 0 saturated heterocycles. The van der Waals surface area contributed by atoms with E-state index in [1.807, 2.05) is 17.5 Å². The van der Waals surface area contributed by atoms with Gasteiger partial charge in [0.2, 0.25) is 0 Å². The van der Waals surface area contributed by atoms with Crippen molar-refractivity contribution < 1.29 is 0 Å². The molecule has 0 atom stereocenters. The normalized spacial score (nSPS) is 14.8. The molecule has 0 fully saturated rings. The van der Waals surface area contributed by atoms with Crippen molar-refractivity contribution in [2.45, 2.75) is 32.7 Å². The molecule has 21 heavy (non-hydrogen) atoms. The van der Waals surface area contributed by atoms with E-state index in [-0.39, 0.29) is 0 Å². The summed E-state index contributed by atoms with van der Waals surface area (Å²) in [4.78, 5) is 8.40. The molecule has 0 amide bonds. The topological polar surface area (TPSA) is 28.2 Å². The minimum atomic E-state index is 0.944. The van der Waals surface area contributed by atoms with Gasteiger partial charge in [-0.2, -0.15) is 0 Å².